The number of hydrogen-bond donors (Lipinski definition) is 0. The van der Waals surface area contributed by atoms with Gasteiger partial charge in [0.25, 0.3) is 0 Å². The van der Waals surface area contributed by atoms with Crippen molar-refractivity contribution in [2.45, 2.75) is 31.9 Å². The standard InChI is InChI=1S/C21H24N2O3/c1-24-16-9-11-17(12-10-16)25-15-5-13-23-19-7-3-2-6-18(19)22-21(23)20-8-4-14-26-20/h2-3,6-7,9-12,20H,4-5,8,13-15H2,1H3/t20-/m0/s1. The number of rotatable bonds is 7. The first-order valence-corrected chi connectivity index (χ1v) is 9.19. The van der Waals surface area contributed by atoms with Gasteiger partial charge in [-0.2, -0.15) is 0 Å². The van der Waals surface area contributed by atoms with E-state index in [1.807, 2.05) is 30.3 Å². The van der Waals surface area contributed by atoms with E-state index in [9.17, 15) is 0 Å². The van der Waals surface area contributed by atoms with Crippen molar-refractivity contribution >= 4 is 11.0 Å². The molecule has 5 heteroatoms. The van der Waals surface area contributed by atoms with Crippen molar-refractivity contribution in [2.75, 3.05) is 20.3 Å². The first-order chi connectivity index (χ1) is 12.8. The second kappa shape index (κ2) is 7.79. The molecule has 2 heterocycles. The quantitative estimate of drug-likeness (QED) is 0.593. The van der Waals surface area contributed by atoms with E-state index in [0.717, 1.165) is 55.3 Å². The number of nitrogens with zero attached hydrogens (tertiary/aromatic N) is 2. The molecule has 26 heavy (non-hydrogen) atoms. The van der Waals surface area contributed by atoms with E-state index in [1.54, 1.807) is 7.11 Å². The number of aromatic nitrogens is 2. The Morgan fingerprint density at radius 1 is 1.12 bits per heavy atom. The van der Waals surface area contributed by atoms with Crippen LogP contribution >= 0.6 is 0 Å². The van der Waals surface area contributed by atoms with Gasteiger partial charge in [0.05, 0.1) is 24.8 Å². The van der Waals surface area contributed by atoms with Gasteiger partial charge in [-0.3, -0.25) is 0 Å². The minimum Gasteiger partial charge on any atom is -0.497 e. The maximum Gasteiger partial charge on any atom is 0.139 e. The summed E-state index contributed by atoms with van der Waals surface area (Å²) in [5.41, 5.74) is 2.21. The molecule has 0 radical (unpaired) electrons. The van der Waals surface area contributed by atoms with Crippen LogP contribution in [0.2, 0.25) is 0 Å². The molecule has 1 aliphatic rings. The van der Waals surface area contributed by atoms with Crippen LogP contribution in [0.5, 0.6) is 11.5 Å². The van der Waals surface area contributed by atoms with E-state index >= 15 is 0 Å². The third kappa shape index (κ3) is 3.53. The highest BCUT2D eigenvalue weighted by atomic mass is 16.5. The minimum absolute atomic E-state index is 0.116. The zero-order chi connectivity index (χ0) is 17.8. The molecule has 2 aromatic carbocycles. The number of aryl methyl sites for hydroxylation is 1. The molecular formula is C21H24N2O3. The Morgan fingerprint density at radius 3 is 2.69 bits per heavy atom. The molecule has 0 bridgehead atoms. The number of hydrogen-bond acceptors (Lipinski definition) is 4. The van der Waals surface area contributed by atoms with E-state index in [2.05, 4.69) is 22.8 Å². The molecule has 0 amide bonds. The summed E-state index contributed by atoms with van der Waals surface area (Å²) in [6, 6.07) is 16.0. The Bertz CT molecular complexity index is 851. The van der Waals surface area contributed by atoms with Gasteiger partial charge in [-0.05, 0) is 55.7 Å². The fraction of sp³-hybridized carbons (Fsp3) is 0.381. The van der Waals surface area contributed by atoms with Gasteiger partial charge < -0.3 is 18.8 Å². The fourth-order valence-corrected chi connectivity index (χ4v) is 3.44. The van der Waals surface area contributed by atoms with E-state index in [-0.39, 0.29) is 6.10 Å². The summed E-state index contributed by atoms with van der Waals surface area (Å²) in [6.07, 6.45) is 3.18. The highest BCUT2D eigenvalue weighted by molar-refractivity contribution is 5.76. The Balaban J connectivity index is 1.43. The molecule has 1 saturated heterocycles. The Kier molecular flexibility index (Phi) is 5.07. The van der Waals surface area contributed by atoms with Crippen molar-refractivity contribution in [1.82, 2.24) is 9.55 Å². The van der Waals surface area contributed by atoms with Crippen LogP contribution < -0.4 is 9.47 Å². The number of ether oxygens (including phenoxy) is 3. The monoisotopic (exact) mass is 352 g/mol. The normalized spacial score (nSPS) is 16.9. The van der Waals surface area contributed by atoms with Crippen LogP contribution in [0.1, 0.15) is 31.2 Å². The third-order valence-corrected chi connectivity index (χ3v) is 4.76. The van der Waals surface area contributed by atoms with Crippen LogP contribution in [0.3, 0.4) is 0 Å². The maximum atomic E-state index is 5.88. The summed E-state index contributed by atoms with van der Waals surface area (Å²) in [5.74, 6) is 2.75. The summed E-state index contributed by atoms with van der Waals surface area (Å²) >= 11 is 0. The molecule has 0 spiro atoms. The molecule has 0 unspecified atom stereocenters. The van der Waals surface area contributed by atoms with Crippen molar-refractivity contribution in [2.24, 2.45) is 0 Å². The highest BCUT2D eigenvalue weighted by Gasteiger charge is 2.24. The average molecular weight is 352 g/mol. The summed E-state index contributed by atoms with van der Waals surface area (Å²) < 4.78 is 19.2. The number of para-hydroxylation sites is 2. The topological polar surface area (TPSA) is 45.5 Å². The van der Waals surface area contributed by atoms with Gasteiger partial charge in [0.2, 0.25) is 0 Å². The molecule has 1 aliphatic heterocycles. The van der Waals surface area contributed by atoms with Crippen molar-refractivity contribution in [1.29, 1.82) is 0 Å². The highest BCUT2D eigenvalue weighted by Crippen LogP contribution is 2.30. The Labute approximate surface area is 153 Å². The van der Waals surface area contributed by atoms with Crippen LogP contribution in [0, 0.1) is 0 Å². The number of fused-ring (bicyclic) bond motifs is 1. The van der Waals surface area contributed by atoms with Gasteiger partial charge in [0.1, 0.15) is 23.4 Å². The zero-order valence-electron chi connectivity index (χ0n) is 15.1. The third-order valence-electron chi connectivity index (χ3n) is 4.76. The lowest BCUT2D eigenvalue weighted by Crippen LogP contribution is -2.11. The first-order valence-electron chi connectivity index (χ1n) is 9.19. The van der Waals surface area contributed by atoms with E-state index in [4.69, 9.17) is 19.2 Å². The summed E-state index contributed by atoms with van der Waals surface area (Å²) in [7, 11) is 1.66. The van der Waals surface area contributed by atoms with Crippen LogP contribution in [0.4, 0.5) is 0 Å². The molecule has 0 aliphatic carbocycles. The van der Waals surface area contributed by atoms with Crippen LogP contribution in [-0.4, -0.2) is 29.9 Å². The van der Waals surface area contributed by atoms with Gasteiger partial charge in [-0.15, -0.1) is 0 Å². The second-order valence-corrected chi connectivity index (χ2v) is 6.49. The Morgan fingerprint density at radius 2 is 1.92 bits per heavy atom. The predicted octanol–water partition coefficient (Wildman–Crippen LogP) is 4.37. The van der Waals surface area contributed by atoms with Crippen molar-refractivity contribution in [3.63, 3.8) is 0 Å². The van der Waals surface area contributed by atoms with Crippen molar-refractivity contribution < 1.29 is 14.2 Å². The maximum absolute atomic E-state index is 5.88. The Hall–Kier alpha value is -2.53. The molecular weight excluding hydrogens is 328 g/mol. The largest absolute Gasteiger partial charge is 0.497 e. The molecule has 1 atom stereocenters. The summed E-state index contributed by atoms with van der Waals surface area (Å²) in [6.45, 7) is 2.35. The molecule has 3 aromatic rings. The summed E-state index contributed by atoms with van der Waals surface area (Å²) in [5, 5.41) is 0. The lowest BCUT2D eigenvalue weighted by Gasteiger charge is -2.14. The van der Waals surface area contributed by atoms with Gasteiger partial charge in [0.15, 0.2) is 0 Å². The molecule has 1 aromatic heterocycles. The molecule has 0 N–H and O–H groups in total. The van der Waals surface area contributed by atoms with Crippen LogP contribution in [-0.2, 0) is 11.3 Å². The van der Waals surface area contributed by atoms with Crippen LogP contribution in [0.15, 0.2) is 48.5 Å². The second-order valence-electron chi connectivity index (χ2n) is 6.49. The molecule has 0 saturated carbocycles. The van der Waals surface area contributed by atoms with Crippen LogP contribution in [0.25, 0.3) is 11.0 Å². The lowest BCUT2D eigenvalue weighted by molar-refractivity contribution is 0.102. The van der Waals surface area contributed by atoms with Crippen molar-refractivity contribution in [3.8, 4) is 11.5 Å². The first kappa shape index (κ1) is 16.9. The minimum atomic E-state index is 0.116. The van der Waals surface area contributed by atoms with Gasteiger partial charge >= 0.3 is 0 Å². The SMILES string of the molecule is COc1ccc(OCCCn2c([C@@H]3CCCO3)nc3ccccc32)cc1. The number of methoxy groups -OCH3 is 1. The predicted molar refractivity (Wildman–Crippen MR) is 101 cm³/mol. The molecule has 1 fully saturated rings. The van der Waals surface area contributed by atoms with E-state index < -0.39 is 0 Å². The van der Waals surface area contributed by atoms with Crippen molar-refractivity contribution in [3.05, 3.63) is 54.4 Å². The lowest BCUT2D eigenvalue weighted by atomic mass is 10.2. The smallest absolute Gasteiger partial charge is 0.139 e. The van der Waals surface area contributed by atoms with Gasteiger partial charge in [-0.1, -0.05) is 12.1 Å². The van der Waals surface area contributed by atoms with Gasteiger partial charge in [-0.25, -0.2) is 4.98 Å². The molecule has 5 nitrogen and oxygen atoms in total. The van der Waals surface area contributed by atoms with E-state index in [0.29, 0.717) is 6.61 Å². The number of benzene rings is 2. The number of imidazole rings is 1. The summed E-state index contributed by atoms with van der Waals surface area (Å²) in [4.78, 5) is 4.83. The van der Waals surface area contributed by atoms with Gasteiger partial charge in [0, 0.05) is 13.2 Å². The molecule has 4 rings (SSSR count). The zero-order valence-corrected chi connectivity index (χ0v) is 15.1. The molecule has 136 valence electrons. The van der Waals surface area contributed by atoms with E-state index in [1.165, 1.54) is 5.52 Å². The average Bonchev–Trinajstić information content (AvgIpc) is 3.33. The fourth-order valence-electron chi connectivity index (χ4n) is 3.44.